The number of carbonyl (C=O) groups excluding carboxylic acids is 1. The van der Waals surface area contributed by atoms with Gasteiger partial charge in [0.15, 0.2) is 0 Å². The number of benzene rings is 1. The molecule has 0 amide bonds. The second-order valence-electron chi connectivity index (χ2n) is 2.98. The average molecular weight is 242 g/mol. The van der Waals surface area contributed by atoms with E-state index in [9.17, 15) is 4.79 Å². The Morgan fingerprint density at radius 2 is 2.07 bits per heavy atom. The summed E-state index contributed by atoms with van der Waals surface area (Å²) in [6, 6.07) is 7.57. The molecule has 1 aromatic rings. The molecule has 0 saturated carbocycles. The standard InChI is InChI=1S/C11H14O2S2/c1-8(15-14-3)9-6-4-5-7-10(9)11(12)13-2/h4-8H,1-3H3. The van der Waals surface area contributed by atoms with E-state index in [4.69, 9.17) is 4.74 Å². The van der Waals surface area contributed by atoms with E-state index in [2.05, 4.69) is 6.92 Å². The van der Waals surface area contributed by atoms with Crippen LogP contribution in [0.1, 0.15) is 28.1 Å². The van der Waals surface area contributed by atoms with E-state index in [1.807, 2.05) is 24.5 Å². The molecule has 0 N–H and O–H groups in total. The van der Waals surface area contributed by atoms with Crippen LogP contribution in [0.15, 0.2) is 24.3 Å². The smallest absolute Gasteiger partial charge is 0.338 e. The maximum absolute atomic E-state index is 11.5. The predicted molar refractivity (Wildman–Crippen MR) is 67.3 cm³/mol. The third kappa shape index (κ3) is 3.18. The molecule has 0 aliphatic rings. The van der Waals surface area contributed by atoms with Crippen molar-refractivity contribution < 1.29 is 9.53 Å². The Balaban J connectivity index is 3.00. The van der Waals surface area contributed by atoms with Crippen LogP contribution in [0, 0.1) is 0 Å². The van der Waals surface area contributed by atoms with Crippen LogP contribution in [0.2, 0.25) is 0 Å². The Morgan fingerprint density at radius 3 is 2.67 bits per heavy atom. The van der Waals surface area contributed by atoms with Gasteiger partial charge in [-0.15, -0.1) is 0 Å². The molecule has 0 radical (unpaired) electrons. The highest BCUT2D eigenvalue weighted by atomic mass is 33.1. The van der Waals surface area contributed by atoms with Gasteiger partial charge in [0.25, 0.3) is 0 Å². The van der Waals surface area contributed by atoms with Crippen LogP contribution < -0.4 is 0 Å². The number of hydrogen-bond acceptors (Lipinski definition) is 4. The van der Waals surface area contributed by atoms with Crippen LogP contribution >= 0.6 is 21.6 Å². The van der Waals surface area contributed by atoms with Crippen molar-refractivity contribution in [3.63, 3.8) is 0 Å². The lowest BCUT2D eigenvalue weighted by Gasteiger charge is -2.13. The summed E-state index contributed by atoms with van der Waals surface area (Å²) in [4.78, 5) is 11.5. The molecule has 1 unspecified atom stereocenters. The highest BCUT2D eigenvalue weighted by molar-refractivity contribution is 8.76. The number of carbonyl (C=O) groups is 1. The summed E-state index contributed by atoms with van der Waals surface area (Å²) < 4.78 is 4.75. The van der Waals surface area contributed by atoms with Crippen LogP contribution in [-0.2, 0) is 4.74 Å². The van der Waals surface area contributed by atoms with Crippen molar-refractivity contribution in [2.24, 2.45) is 0 Å². The summed E-state index contributed by atoms with van der Waals surface area (Å²) in [5.41, 5.74) is 1.69. The molecule has 0 heterocycles. The molecule has 0 aromatic heterocycles. The largest absolute Gasteiger partial charge is 0.465 e. The quantitative estimate of drug-likeness (QED) is 0.596. The lowest BCUT2D eigenvalue weighted by molar-refractivity contribution is 0.0599. The van der Waals surface area contributed by atoms with E-state index in [1.54, 1.807) is 27.7 Å². The number of hydrogen-bond donors (Lipinski definition) is 0. The summed E-state index contributed by atoms with van der Waals surface area (Å²) in [6.07, 6.45) is 2.03. The summed E-state index contributed by atoms with van der Waals surface area (Å²) in [5, 5.41) is 0.287. The van der Waals surface area contributed by atoms with Crippen LogP contribution in [-0.4, -0.2) is 19.3 Å². The fourth-order valence-corrected chi connectivity index (χ4v) is 3.12. The summed E-state index contributed by atoms with van der Waals surface area (Å²) >= 11 is 0. The molecule has 1 atom stereocenters. The monoisotopic (exact) mass is 242 g/mol. The van der Waals surface area contributed by atoms with Crippen molar-refractivity contribution in [1.82, 2.24) is 0 Å². The third-order valence-corrected chi connectivity index (χ3v) is 4.22. The fraction of sp³-hybridized carbons (Fsp3) is 0.364. The summed E-state index contributed by atoms with van der Waals surface area (Å²) in [6.45, 7) is 2.09. The van der Waals surface area contributed by atoms with Gasteiger partial charge >= 0.3 is 5.97 Å². The van der Waals surface area contributed by atoms with E-state index >= 15 is 0 Å². The molecule has 1 rings (SSSR count). The number of methoxy groups -OCH3 is 1. The predicted octanol–water partition coefficient (Wildman–Crippen LogP) is 3.55. The number of rotatable bonds is 4. The Morgan fingerprint density at radius 1 is 1.40 bits per heavy atom. The zero-order chi connectivity index (χ0) is 11.3. The minimum Gasteiger partial charge on any atom is -0.465 e. The second kappa shape index (κ2) is 6.08. The number of esters is 1. The Labute approximate surface area is 98.2 Å². The second-order valence-corrected chi connectivity index (χ2v) is 5.79. The van der Waals surface area contributed by atoms with Crippen molar-refractivity contribution >= 4 is 27.6 Å². The summed E-state index contributed by atoms with van der Waals surface area (Å²) in [7, 11) is 4.84. The lowest BCUT2D eigenvalue weighted by Crippen LogP contribution is -2.06. The van der Waals surface area contributed by atoms with E-state index in [0.29, 0.717) is 5.56 Å². The van der Waals surface area contributed by atoms with Crippen LogP contribution in [0.3, 0.4) is 0 Å². The molecule has 0 aliphatic carbocycles. The first kappa shape index (κ1) is 12.5. The first-order valence-corrected chi connectivity index (χ1v) is 7.19. The van der Waals surface area contributed by atoms with Crippen LogP contribution in [0.25, 0.3) is 0 Å². The van der Waals surface area contributed by atoms with Gasteiger partial charge in [-0.25, -0.2) is 4.79 Å². The zero-order valence-corrected chi connectivity index (χ0v) is 10.7. The summed E-state index contributed by atoms with van der Waals surface area (Å²) in [5.74, 6) is -0.265. The SMILES string of the molecule is COC(=O)c1ccccc1C(C)SSC. The highest BCUT2D eigenvalue weighted by Crippen LogP contribution is 2.37. The highest BCUT2D eigenvalue weighted by Gasteiger charge is 2.15. The van der Waals surface area contributed by atoms with Gasteiger partial charge in [-0.2, -0.15) is 0 Å². The van der Waals surface area contributed by atoms with Crippen LogP contribution in [0.5, 0.6) is 0 Å². The van der Waals surface area contributed by atoms with Gasteiger partial charge in [0.05, 0.1) is 12.7 Å². The van der Waals surface area contributed by atoms with Gasteiger partial charge in [0.1, 0.15) is 0 Å². The van der Waals surface area contributed by atoms with Gasteiger partial charge < -0.3 is 4.74 Å². The maximum atomic E-state index is 11.5. The third-order valence-electron chi connectivity index (χ3n) is 2.04. The molecule has 4 heteroatoms. The van der Waals surface area contributed by atoms with E-state index in [1.165, 1.54) is 7.11 Å². The fourth-order valence-electron chi connectivity index (χ4n) is 1.34. The lowest BCUT2D eigenvalue weighted by atomic mass is 10.1. The molecular weight excluding hydrogens is 228 g/mol. The molecule has 0 fully saturated rings. The first-order chi connectivity index (χ1) is 7.20. The van der Waals surface area contributed by atoms with E-state index < -0.39 is 0 Å². The van der Waals surface area contributed by atoms with Crippen LogP contribution in [0.4, 0.5) is 0 Å². The number of ether oxygens (including phenoxy) is 1. The van der Waals surface area contributed by atoms with Crippen molar-refractivity contribution in [3.8, 4) is 0 Å². The van der Waals surface area contributed by atoms with E-state index in [0.717, 1.165) is 5.56 Å². The molecule has 0 bridgehead atoms. The van der Waals surface area contributed by atoms with Crippen molar-refractivity contribution in [2.45, 2.75) is 12.2 Å². The first-order valence-electron chi connectivity index (χ1n) is 4.57. The zero-order valence-electron chi connectivity index (χ0n) is 9.02. The average Bonchev–Trinajstić information content (AvgIpc) is 2.28. The van der Waals surface area contributed by atoms with Crippen molar-refractivity contribution in [1.29, 1.82) is 0 Å². The minimum atomic E-state index is -0.265. The maximum Gasteiger partial charge on any atom is 0.338 e. The molecule has 0 aliphatic heterocycles. The Kier molecular flexibility index (Phi) is 5.05. The molecule has 0 saturated heterocycles. The molecule has 2 nitrogen and oxygen atoms in total. The van der Waals surface area contributed by atoms with Gasteiger partial charge in [0, 0.05) is 5.25 Å². The molecule has 0 spiro atoms. The van der Waals surface area contributed by atoms with Crippen molar-refractivity contribution in [3.05, 3.63) is 35.4 Å². The van der Waals surface area contributed by atoms with Gasteiger partial charge in [0.2, 0.25) is 0 Å². The Hall–Kier alpha value is -0.610. The Bertz CT molecular complexity index is 339. The van der Waals surface area contributed by atoms with E-state index in [-0.39, 0.29) is 11.2 Å². The van der Waals surface area contributed by atoms with Gasteiger partial charge in [-0.05, 0) is 24.8 Å². The molecule has 82 valence electrons. The normalized spacial score (nSPS) is 12.2. The molecule has 1 aromatic carbocycles. The topological polar surface area (TPSA) is 26.3 Å². The van der Waals surface area contributed by atoms with Gasteiger partial charge in [-0.1, -0.05) is 39.8 Å². The minimum absolute atomic E-state index is 0.265. The molecule has 15 heavy (non-hydrogen) atoms. The van der Waals surface area contributed by atoms with Gasteiger partial charge in [-0.3, -0.25) is 0 Å². The molecular formula is C11H14O2S2. The van der Waals surface area contributed by atoms with Crippen molar-refractivity contribution in [2.75, 3.05) is 13.4 Å².